The van der Waals surface area contributed by atoms with E-state index in [1.807, 2.05) is 0 Å². The molecule has 0 bridgehead atoms. The fourth-order valence-electron chi connectivity index (χ4n) is 3.34. The van der Waals surface area contributed by atoms with Crippen LogP contribution in [-0.4, -0.2) is 24.5 Å². The number of nitrogens with one attached hydrogen (secondary N) is 2. The molecule has 0 aliphatic heterocycles. The van der Waals surface area contributed by atoms with Crippen molar-refractivity contribution in [2.75, 3.05) is 11.9 Å². The zero-order valence-electron chi connectivity index (χ0n) is 16.3. The van der Waals surface area contributed by atoms with Gasteiger partial charge in [-0.05, 0) is 55.3 Å². The lowest BCUT2D eigenvalue weighted by molar-refractivity contribution is -0.137. The van der Waals surface area contributed by atoms with Gasteiger partial charge >= 0.3 is 6.18 Å². The predicted octanol–water partition coefficient (Wildman–Crippen LogP) is 4.79. The van der Waals surface area contributed by atoms with Gasteiger partial charge in [-0.3, -0.25) is 9.59 Å². The van der Waals surface area contributed by atoms with Gasteiger partial charge in [-0.25, -0.2) is 0 Å². The van der Waals surface area contributed by atoms with E-state index < -0.39 is 17.6 Å². The quantitative estimate of drug-likeness (QED) is 0.707. The van der Waals surface area contributed by atoms with Gasteiger partial charge in [0.2, 0.25) is 0 Å². The van der Waals surface area contributed by atoms with E-state index in [0.717, 1.165) is 37.8 Å². The number of anilines is 1. The van der Waals surface area contributed by atoms with Crippen molar-refractivity contribution in [3.05, 3.63) is 59.7 Å². The Morgan fingerprint density at radius 3 is 2.37 bits per heavy atom. The highest BCUT2D eigenvalue weighted by molar-refractivity contribution is 5.94. The first kappa shape index (κ1) is 21.7. The summed E-state index contributed by atoms with van der Waals surface area (Å²) in [6.45, 7) is -0.371. The molecule has 1 aliphatic carbocycles. The zero-order valence-corrected chi connectivity index (χ0v) is 16.3. The summed E-state index contributed by atoms with van der Waals surface area (Å²) < 4.78 is 43.5. The van der Waals surface area contributed by atoms with Crippen LogP contribution in [0.2, 0.25) is 0 Å². The fraction of sp³-hybridized carbons (Fsp3) is 0.364. The van der Waals surface area contributed by atoms with Crippen molar-refractivity contribution in [1.29, 1.82) is 0 Å². The van der Waals surface area contributed by atoms with Crippen LogP contribution < -0.4 is 15.4 Å². The summed E-state index contributed by atoms with van der Waals surface area (Å²) in [6.07, 6.45) is 0.963. The standard InChI is InChI=1S/C22H23F3N2O3/c23-22(24,25)16-5-4-8-18(13-16)26-20(28)14-30-19-11-9-15(10-12-19)21(29)27-17-6-2-1-3-7-17/h4-5,8-13,17H,1-3,6-7,14H2,(H,26,28)(H,27,29). The molecule has 0 unspecified atom stereocenters. The minimum absolute atomic E-state index is 0.0353. The van der Waals surface area contributed by atoms with Crippen LogP contribution >= 0.6 is 0 Å². The maximum atomic E-state index is 12.7. The first-order valence-electron chi connectivity index (χ1n) is 9.82. The van der Waals surface area contributed by atoms with Crippen LogP contribution in [0.1, 0.15) is 48.0 Å². The third-order valence-electron chi connectivity index (χ3n) is 4.90. The average molecular weight is 420 g/mol. The Morgan fingerprint density at radius 1 is 1.00 bits per heavy atom. The molecule has 1 saturated carbocycles. The molecule has 0 heterocycles. The molecule has 2 N–H and O–H groups in total. The van der Waals surface area contributed by atoms with Gasteiger partial charge in [0, 0.05) is 17.3 Å². The smallest absolute Gasteiger partial charge is 0.416 e. The van der Waals surface area contributed by atoms with E-state index in [-0.39, 0.29) is 24.2 Å². The van der Waals surface area contributed by atoms with E-state index >= 15 is 0 Å². The second-order valence-corrected chi connectivity index (χ2v) is 7.25. The molecule has 0 aromatic heterocycles. The van der Waals surface area contributed by atoms with Crippen molar-refractivity contribution in [3.8, 4) is 5.75 Å². The lowest BCUT2D eigenvalue weighted by atomic mass is 9.95. The molecule has 8 heteroatoms. The highest BCUT2D eigenvalue weighted by Gasteiger charge is 2.30. The van der Waals surface area contributed by atoms with Crippen molar-refractivity contribution in [2.24, 2.45) is 0 Å². The maximum Gasteiger partial charge on any atom is 0.416 e. The number of carbonyl (C=O) groups excluding carboxylic acids is 2. The number of alkyl halides is 3. The molecule has 1 fully saturated rings. The van der Waals surface area contributed by atoms with Crippen molar-refractivity contribution in [2.45, 2.75) is 44.3 Å². The molecular weight excluding hydrogens is 397 g/mol. The second kappa shape index (κ2) is 9.65. The molecule has 30 heavy (non-hydrogen) atoms. The Kier molecular flexibility index (Phi) is 6.97. The molecule has 5 nitrogen and oxygen atoms in total. The topological polar surface area (TPSA) is 67.4 Å². The Morgan fingerprint density at radius 2 is 1.70 bits per heavy atom. The Balaban J connectivity index is 1.48. The summed E-state index contributed by atoms with van der Waals surface area (Å²) in [7, 11) is 0. The molecular formula is C22H23F3N2O3. The first-order chi connectivity index (χ1) is 14.3. The van der Waals surface area contributed by atoms with Crippen LogP contribution in [-0.2, 0) is 11.0 Å². The largest absolute Gasteiger partial charge is 0.484 e. The highest BCUT2D eigenvalue weighted by Crippen LogP contribution is 2.30. The third-order valence-corrected chi connectivity index (χ3v) is 4.90. The molecule has 1 aliphatic rings. The number of carbonyl (C=O) groups is 2. The van der Waals surface area contributed by atoms with Gasteiger partial charge in [-0.15, -0.1) is 0 Å². The van der Waals surface area contributed by atoms with Crippen LogP contribution in [0.4, 0.5) is 18.9 Å². The van der Waals surface area contributed by atoms with Crippen LogP contribution in [0.15, 0.2) is 48.5 Å². The number of benzene rings is 2. The molecule has 0 saturated heterocycles. The van der Waals surface area contributed by atoms with Crippen LogP contribution in [0.5, 0.6) is 5.75 Å². The van der Waals surface area contributed by atoms with Crippen molar-refractivity contribution in [1.82, 2.24) is 5.32 Å². The fourth-order valence-corrected chi connectivity index (χ4v) is 3.34. The summed E-state index contributed by atoms with van der Waals surface area (Å²) >= 11 is 0. The summed E-state index contributed by atoms with van der Waals surface area (Å²) in [4.78, 5) is 24.3. The van der Waals surface area contributed by atoms with Gasteiger partial charge in [0.15, 0.2) is 6.61 Å². The van der Waals surface area contributed by atoms with Crippen LogP contribution in [0.25, 0.3) is 0 Å². The lowest BCUT2D eigenvalue weighted by Gasteiger charge is -2.22. The van der Waals surface area contributed by atoms with E-state index in [9.17, 15) is 22.8 Å². The van der Waals surface area contributed by atoms with Gasteiger partial charge in [-0.1, -0.05) is 25.3 Å². The van der Waals surface area contributed by atoms with Crippen molar-refractivity contribution >= 4 is 17.5 Å². The zero-order chi connectivity index (χ0) is 21.6. The van der Waals surface area contributed by atoms with Crippen molar-refractivity contribution < 1.29 is 27.5 Å². The minimum atomic E-state index is -4.48. The van der Waals surface area contributed by atoms with E-state index in [1.165, 1.54) is 18.6 Å². The molecule has 0 spiro atoms. The highest BCUT2D eigenvalue weighted by atomic mass is 19.4. The number of ether oxygens (including phenoxy) is 1. The Labute approximate surface area is 172 Å². The number of rotatable bonds is 6. The lowest BCUT2D eigenvalue weighted by Crippen LogP contribution is -2.36. The predicted molar refractivity (Wildman–Crippen MR) is 106 cm³/mol. The van der Waals surface area contributed by atoms with E-state index in [0.29, 0.717) is 11.3 Å². The first-order valence-corrected chi connectivity index (χ1v) is 9.82. The number of hydrogen-bond acceptors (Lipinski definition) is 3. The van der Waals surface area contributed by atoms with E-state index in [1.54, 1.807) is 24.3 Å². The SMILES string of the molecule is O=C(COc1ccc(C(=O)NC2CCCCC2)cc1)Nc1cccc(C(F)(F)F)c1. The maximum absolute atomic E-state index is 12.7. The number of halogens is 3. The molecule has 0 atom stereocenters. The van der Waals surface area contributed by atoms with Gasteiger partial charge in [0.25, 0.3) is 11.8 Å². The molecule has 160 valence electrons. The van der Waals surface area contributed by atoms with Crippen LogP contribution in [0.3, 0.4) is 0 Å². The number of amides is 2. The summed E-state index contributed by atoms with van der Waals surface area (Å²) in [6, 6.07) is 11.0. The molecule has 2 aromatic rings. The summed E-state index contributed by atoms with van der Waals surface area (Å²) in [5.74, 6) is -0.354. The molecule has 3 rings (SSSR count). The van der Waals surface area contributed by atoms with E-state index in [2.05, 4.69) is 10.6 Å². The third kappa shape index (κ3) is 6.23. The average Bonchev–Trinajstić information content (AvgIpc) is 2.73. The van der Waals surface area contributed by atoms with Gasteiger partial charge < -0.3 is 15.4 Å². The Hall–Kier alpha value is -3.03. The summed E-state index contributed by atoms with van der Waals surface area (Å²) in [5, 5.41) is 5.39. The number of hydrogen-bond donors (Lipinski definition) is 2. The minimum Gasteiger partial charge on any atom is -0.484 e. The molecule has 2 aromatic carbocycles. The van der Waals surface area contributed by atoms with Gasteiger partial charge in [0.1, 0.15) is 5.75 Å². The molecule has 2 amide bonds. The normalized spacial score (nSPS) is 14.8. The monoisotopic (exact) mass is 420 g/mol. The molecule has 0 radical (unpaired) electrons. The van der Waals surface area contributed by atoms with Crippen LogP contribution in [0, 0.1) is 0 Å². The Bertz CT molecular complexity index is 876. The summed E-state index contributed by atoms with van der Waals surface area (Å²) in [5.41, 5.74) is -0.308. The van der Waals surface area contributed by atoms with Gasteiger partial charge in [-0.2, -0.15) is 13.2 Å². The second-order valence-electron chi connectivity index (χ2n) is 7.25. The van der Waals surface area contributed by atoms with Gasteiger partial charge in [0.05, 0.1) is 5.56 Å². The van der Waals surface area contributed by atoms with Crippen molar-refractivity contribution in [3.63, 3.8) is 0 Å². The van der Waals surface area contributed by atoms with E-state index in [4.69, 9.17) is 4.74 Å².